The lowest BCUT2D eigenvalue weighted by Crippen LogP contribution is -2.64. The molecule has 0 spiro atoms. The average molecular weight is 281 g/mol. The lowest BCUT2D eigenvalue weighted by molar-refractivity contribution is -0.183. The summed E-state index contributed by atoms with van der Waals surface area (Å²) < 4.78 is 6.12. The second-order valence-corrected chi connectivity index (χ2v) is 8.05. The van der Waals surface area contributed by atoms with Crippen LogP contribution in [0.1, 0.15) is 59.3 Å². The van der Waals surface area contributed by atoms with Crippen LogP contribution < -0.4 is 5.73 Å². The van der Waals surface area contributed by atoms with E-state index in [-0.39, 0.29) is 11.5 Å². The number of rotatable bonds is 3. The maximum absolute atomic E-state index is 11.8. The molecular formula is C17H31NO2. The fraction of sp³-hybridized carbons (Fsp3) is 1.00. The zero-order valence-corrected chi connectivity index (χ0v) is 13.3. The Hall–Kier alpha value is -0.120. The maximum atomic E-state index is 11.8. The van der Waals surface area contributed by atoms with Gasteiger partial charge in [0.15, 0.2) is 0 Å². The highest BCUT2D eigenvalue weighted by atomic mass is 16.5. The van der Waals surface area contributed by atoms with Crippen molar-refractivity contribution in [1.29, 1.82) is 0 Å². The normalized spacial score (nSPS) is 51.9. The quantitative estimate of drug-likeness (QED) is 0.836. The van der Waals surface area contributed by atoms with Crippen molar-refractivity contribution < 1.29 is 9.84 Å². The molecular weight excluding hydrogens is 250 g/mol. The summed E-state index contributed by atoms with van der Waals surface area (Å²) in [5.74, 6) is 1.47. The molecule has 1 saturated carbocycles. The number of aliphatic hydroxyl groups is 1. The number of nitrogens with two attached hydrogens (primary N) is 1. The third-order valence-corrected chi connectivity index (χ3v) is 6.59. The van der Waals surface area contributed by atoms with Gasteiger partial charge in [0, 0.05) is 12.0 Å². The first-order valence-electron chi connectivity index (χ1n) is 8.51. The van der Waals surface area contributed by atoms with Gasteiger partial charge in [0.05, 0.1) is 17.8 Å². The van der Waals surface area contributed by atoms with Crippen molar-refractivity contribution in [3.05, 3.63) is 0 Å². The molecule has 6 atom stereocenters. The molecule has 0 aromatic carbocycles. The van der Waals surface area contributed by atoms with Gasteiger partial charge in [-0.2, -0.15) is 0 Å². The average Bonchev–Trinajstić information content (AvgIpc) is 2.98. The third kappa shape index (κ3) is 1.89. The molecule has 0 amide bonds. The van der Waals surface area contributed by atoms with Crippen LogP contribution in [-0.2, 0) is 4.74 Å². The predicted molar refractivity (Wildman–Crippen MR) is 80.3 cm³/mol. The van der Waals surface area contributed by atoms with Crippen LogP contribution in [0.3, 0.4) is 0 Å². The van der Waals surface area contributed by atoms with Crippen LogP contribution in [0.4, 0.5) is 0 Å². The van der Waals surface area contributed by atoms with Crippen LogP contribution in [0.5, 0.6) is 0 Å². The molecule has 6 unspecified atom stereocenters. The second-order valence-electron chi connectivity index (χ2n) is 8.05. The molecule has 3 nitrogen and oxygen atoms in total. The highest BCUT2D eigenvalue weighted by molar-refractivity contribution is 5.15. The molecule has 3 fully saturated rings. The Bertz CT molecular complexity index is 372. The van der Waals surface area contributed by atoms with Crippen LogP contribution in [0.2, 0.25) is 0 Å². The fourth-order valence-electron chi connectivity index (χ4n) is 5.59. The minimum absolute atomic E-state index is 0.189. The van der Waals surface area contributed by atoms with E-state index < -0.39 is 5.60 Å². The second kappa shape index (κ2) is 4.96. The van der Waals surface area contributed by atoms with Crippen molar-refractivity contribution in [2.24, 2.45) is 28.9 Å². The molecule has 116 valence electrons. The van der Waals surface area contributed by atoms with Gasteiger partial charge in [0.1, 0.15) is 0 Å². The summed E-state index contributed by atoms with van der Waals surface area (Å²) in [6.07, 6.45) is 7.02. The fourth-order valence-corrected chi connectivity index (χ4v) is 5.59. The van der Waals surface area contributed by atoms with Gasteiger partial charge in [0.25, 0.3) is 0 Å². The molecule has 3 N–H and O–H groups in total. The summed E-state index contributed by atoms with van der Waals surface area (Å²) in [6, 6.07) is 0. The molecule has 0 aromatic heterocycles. The van der Waals surface area contributed by atoms with Crippen molar-refractivity contribution in [3.63, 3.8) is 0 Å². The SMILES string of the molecule is CC1CCC(C(C)C)C(O)(C2(CN)CC3CCC2O3)C1. The summed E-state index contributed by atoms with van der Waals surface area (Å²) in [6.45, 7) is 7.36. The van der Waals surface area contributed by atoms with E-state index in [1.165, 1.54) is 6.42 Å². The van der Waals surface area contributed by atoms with E-state index in [2.05, 4.69) is 20.8 Å². The maximum Gasteiger partial charge on any atom is 0.0774 e. The van der Waals surface area contributed by atoms with E-state index in [1.54, 1.807) is 0 Å². The Kier molecular flexibility index (Phi) is 3.67. The summed E-state index contributed by atoms with van der Waals surface area (Å²) in [7, 11) is 0. The van der Waals surface area contributed by atoms with Crippen molar-refractivity contribution in [3.8, 4) is 0 Å². The van der Waals surface area contributed by atoms with Crippen molar-refractivity contribution in [2.45, 2.75) is 77.1 Å². The number of hydrogen-bond donors (Lipinski definition) is 2. The smallest absolute Gasteiger partial charge is 0.0774 e. The zero-order chi connectivity index (χ0) is 14.5. The first-order chi connectivity index (χ1) is 9.43. The van der Waals surface area contributed by atoms with E-state index in [0.29, 0.717) is 30.4 Å². The molecule has 0 radical (unpaired) electrons. The van der Waals surface area contributed by atoms with Gasteiger partial charge >= 0.3 is 0 Å². The van der Waals surface area contributed by atoms with E-state index >= 15 is 0 Å². The number of ether oxygens (including phenoxy) is 1. The Morgan fingerprint density at radius 3 is 2.45 bits per heavy atom. The largest absolute Gasteiger partial charge is 0.389 e. The topological polar surface area (TPSA) is 55.5 Å². The van der Waals surface area contributed by atoms with Crippen LogP contribution in [0, 0.1) is 23.2 Å². The van der Waals surface area contributed by atoms with Crippen molar-refractivity contribution >= 4 is 0 Å². The Labute approximate surface area is 123 Å². The first-order valence-corrected chi connectivity index (χ1v) is 8.51. The predicted octanol–water partition coefficient (Wildman–Crippen LogP) is 2.71. The molecule has 2 bridgehead atoms. The van der Waals surface area contributed by atoms with Gasteiger partial charge in [0.2, 0.25) is 0 Å². The highest BCUT2D eigenvalue weighted by Crippen LogP contribution is 2.60. The molecule has 2 aliphatic heterocycles. The molecule has 3 heteroatoms. The molecule has 0 aromatic rings. The van der Waals surface area contributed by atoms with Crippen LogP contribution in [0.15, 0.2) is 0 Å². The minimum Gasteiger partial charge on any atom is -0.389 e. The van der Waals surface area contributed by atoms with E-state index in [0.717, 1.165) is 32.1 Å². The third-order valence-electron chi connectivity index (χ3n) is 6.59. The number of hydrogen-bond acceptors (Lipinski definition) is 3. The Morgan fingerprint density at radius 2 is 1.95 bits per heavy atom. The van der Waals surface area contributed by atoms with Gasteiger partial charge < -0.3 is 15.6 Å². The standard InChI is InChI=1S/C17H31NO2/c1-11(2)14-6-4-12(3)8-17(14,19)16(10-18)9-13-5-7-15(16)20-13/h11-15,19H,4-10,18H2,1-3H3. The number of fused-ring (bicyclic) bond motifs is 2. The summed E-state index contributed by atoms with van der Waals surface area (Å²) in [5.41, 5.74) is 5.41. The highest BCUT2D eigenvalue weighted by Gasteiger charge is 2.65. The lowest BCUT2D eigenvalue weighted by Gasteiger charge is -2.56. The van der Waals surface area contributed by atoms with Gasteiger partial charge in [-0.1, -0.05) is 27.2 Å². The van der Waals surface area contributed by atoms with Gasteiger partial charge in [-0.25, -0.2) is 0 Å². The van der Waals surface area contributed by atoms with E-state index in [9.17, 15) is 5.11 Å². The summed E-state index contributed by atoms with van der Waals surface area (Å²) in [5, 5.41) is 11.8. The van der Waals surface area contributed by atoms with Gasteiger partial charge in [-0.05, 0) is 49.9 Å². The molecule has 20 heavy (non-hydrogen) atoms. The Morgan fingerprint density at radius 1 is 1.20 bits per heavy atom. The minimum atomic E-state index is -0.632. The monoisotopic (exact) mass is 281 g/mol. The molecule has 3 aliphatic rings. The summed E-state index contributed by atoms with van der Waals surface area (Å²) in [4.78, 5) is 0. The summed E-state index contributed by atoms with van der Waals surface area (Å²) >= 11 is 0. The molecule has 2 saturated heterocycles. The van der Waals surface area contributed by atoms with Crippen LogP contribution in [0.25, 0.3) is 0 Å². The molecule has 3 rings (SSSR count). The molecule has 1 aliphatic carbocycles. The van der Waals surface area contributed by atoms with Crippen molar-refractivity contribution in [2.75, 3.05) is 6.54 Å². The van der Waals surface area contributed by atoms with E-state index in [4.69, 9.17) is 10.5 Å². The van der Waals surface area contributed by atoms with Crippen LogP contribution in [-0.4, -0.2) is 29.5 Å². The van der Waals surface area contributed by atoms with E-state index in [1.807, 2.05) is 0 Å². The first kappa shape index (κ1) is 14.8. The zero-order valence-electron chi connectivity index (χ0n) is 13.3. The van der Waals surface area contributed by atoms with Crippen molar-refractivity contribution in [1.82, 2.24) is 0 Å². The Balaban J connectivity index is 1.98. The lowest BCUT2D eigenvalue weighted by atomic mass is 9.52. The molecule has 2 heterocycles. The van der Waals surface area contributed by atoms with Gasteiger partial charge in [-0.15, -0.1) is 0 Å². The van der Waals surface area contributed by atoms with Crippen LogP contribution >= 0.6 is 0 Å². The van der Waals surface area contributed by atoms with Gasteiger partial charge in [-0.3, -0.25) is 0 Å².